The van der Waals surface area contributed by atoms with E-state index < -0.39 is 15.7 Å². The molecule has 10 heteroatoms. The van der Waals surface area contributed by atoms with Crippen molar-refractivity contribution in [2.45, 2.75) is 0 Å². The molecule has 90 valence electrons. The predicted octanol–water partition coefficient (Wildman–Crippen LogP) is -1.29. The maximum Gasteiger partial charge on any atom is 0.199 e. The first-order chi connectivity index (χ1) is 7.31. The van der Waals surface area contributed by atoms with Crippen molar-refractivity contribution in [1.29, 1.82) is 5.41 Å². The van der Waals surface area contributed by atoms with E-state index in [2.05, 4.69) is 14.9 Å². The van der Waals surface area contributed by atoms with E-state index in [0.29, 0.717) is 5.06 Å². The minimum absolute atomic E-state index is 0.143. The molecule has 0 aromatic carbocycles. The molecule has 0 aliphatic carbocycles. The second-order valence-corrected chi connectivity index (χ2v) is 5.36. The van der Waals surface area contributed by atoms with E-state index in [1.54, 1.807) is 0 Å². The summed E-state index contributed by atoms with van der Waals surface area (Å²) in [7, 11) is -3.22. The quantitative estimate of drug-likeness (QED) is 0.339. The molecule has 9 nitrogen and oxygen atoms in total. The van der Waals surface area contributed by atoms with Gasteiger partial charge in [-0.15, -0.1) is 0 Å². The molecule has 1 heterocycles. The highest BCUT2D eigenvalue weighted by Crippen LogP contribution is 2.06. The molecule has 0 fully saturated rings. The Morgan fingerprint density at radius 1 is 1.62 bits per heavy atom. The zero-order chi connectivity index (χ0) is 12.3. The summed E-state index contributed by atoms with van der Waals surface area (Å²) in [5, 5.41) is 23.7. The number of nitrogen functional groups attached to an aromatic ring is 1. The summed E-state index contributed by atoms with van der Waals surface area (Å²) in [6.45, 7) is -0.260. The van der Waals surface area contributed by atoms with Crippen LogP contribution >= 0.6 is 0 Å². The average Bonchev–Trinajstić information content (AvgIpc) is 2.58. The average molecular weight is 249 g/mol. The molecule has 4 N–H and O–H groups in total. The van der Waals surface area contributed by atoms with Gasteiger partial charge in [0.05, 0.1) is 12.3 Å². The van der Waals surface area contributed by atoms with Crippen LogP contribution < -0.4 is 5.73 Å². The SMILES string of the molecule is CS(=O)(=O)CCN(O)C(=N)c1nonc1N. The van der Waals surface area contributed by atoms with E-state index in [1.807, 2.05) is 0 Å². The first-order valence-electron chi connectivity index (χ1n) is 4.12. The molecule has 0 aliphatic rings. The Kier molecular flexibility index (Phi) is 3.44. The monoisotopic (exact) mass is 249 g/mol. The Morgan fingerprint density at radius 2 is 2.25 bits per heavy atom. The Morgan fingerprint density at radius 3 is 2.69 bits per heavy atom. The Hall–Kier alpha value is -1.68. The zero-order valence-corrected chi connectivity index (χ0v) is 9.23. The summed E-state index contributed by atoms with van der Waals surface area (Å²) in [5.41, 5.74) is 5.15. The number of hydrogen-bond acceptors (Lipinski definition) is 8. The molecule has 16 heavy (non-hydrogen) atoms. The molecule has 0 unspecified atom stereocenters. The van der Waals surface area contributed by atoms with Gasteiger partial charge < -0.3 is 5.73 Å². The van der Waals surface area contributed by atoms with Gasteiger partial charge >= 0.3 is 0 Å². The molecule has 1 aromatic rings. The molecule has 0 amide bonds. The highest BCUT2D eigenvalue weighted by molar-refractivity contribution is 7.90. The van der Waals surface area contributed by atoms with Crippen LogP contribution in [0.1, 0.15) is 5.69 Å². The Labute approximate surface area is 91.2 Å². The number of aromatic nitrogens is 2. The number of nitrogens with one attached hydrogen (secondary N) is 1. The standard InChI is InChI=1S/C6H11N5O4S/c1-16(13,14)3-2-11(12)6(8)4-5(7)10-15-9-4/h8,12H,2-3H2,1H3,(H2,7,10). The van der Waals surface area contributed by atoms with Gasteiger partial charge in [0.15, 0.2) is 17.3 Å². The number of sulfone groups is 1. The first kappa shape index (κ1) is 12.4. The molecule has 0 spiro atoms. The molecular formula is C6H11N5O4S. The van der Waals surface area contributed by atoms with E-state index in [4.69, 9.17) is 11.1 Å². The zero-order valence-electron chi connectivity index (χ0n) is 8.41. The first-order valence-corrected chi connectivity index (χ1v) is 6.18. The van der Waals surface area contributed by atoms with Crippen molar-refractivity contribution < 1.29 is 18.3 Å². The maximum absolute atomic E-state index is 10.8. The van der Waals surface area contributed by atoms with Gasteiger partial charge in [0.2, 0.25) is 0 Å². The molecule has 0 saturated heterocycles. The second kappa shape index (κ2) is 4.45. The summed E-state index contributed by atoms with van der Waals surface area (Å²) in [4.78, 5) is 0. The van der Waals surface area contributed by atoms with Crippen molar-refractivity contribution >= 4 is 21.5 Å². The molecule has 0 saturated carbocycles. The van der Waals surface area contributed by atoms with Crippen molar-refractivity contribution in [3.63, 3.8) is 0 Å². The van der Waals surface area contributed by atoms with Crippen LogP contribution in [0.25, 0.3) is 0 Å². The Balaban J connectivity index is 2.66. The van der Waals surface area contributed by atoms with Crippen LogP contribution in [0.2, 0.25) is 0 Å². The fourth-order valence-corrected chi connectivity index (χ4v) is 1.35. The number of nitrogens with zero attached hydrogens (tertiary/aromatic N) is 3. The van der Waals surface area contributed by atoms with E-state index >= 15 is 0 Å². The third kappa shape index (κ3) is 3.17. The van der Waals surface area contributed by atoms with Crippen LogP contribution in [0.5, 0.6) is 0 Å². The molecule has 1 rings (SSSR count). The van der Waals surface area contributed by atoms with E-state index in [-0.39, 0.29) is 23.8 Å². The fraction of sp³-hybridized carbons (Fsp3) is 0.500. The summed E-state index contributed by atoms with van der Waals surface area (Å²) < 4.78 is 25.9. The number of hydrogen-bond donors (Lipinski definition) is 3. The largest absolute Gasteiger partial charge is 0.379 e. The summed E-state index contributed by atoms with van der Waals surface area (Å²) in [6, 6.07) is 0. The highest BCUT2D eigenvalue weighted by atomic mass is 32.2. The van der Waals surface area contributed by atoms with Gasteiger partial charge in [0, 0.05) is 6.26 Å². The molecule has 0 radical (unpaired) electrons. The summed E-state index contributed by atoms with van der Waals surface area (Å²) >= 11 is 0. The summed E-state index contributed by atoms with van der Waals surface area (Å²) in [5.74, 6) is -0.914. The molecule has 0 atom stereocenters. The lowest BCUT2D eigenvalue weighted by atomic mass is 10.4. The second-order valence-electron chi connectivity index (χ2n) is 3.10. The van der Waals surface area contributed by atoms with Gasteiger partial charge in [-0.05, 0) is 10.3 Å². The molecule has 0 aliphatic heterocycles. The van der Waals surface area contributed by atoms with Crippen LogP contribution in [0.4, 0.5) is 5.82 Å². The number of rotatable bonds is 4. The van der Waals surface area contributed by atoms with E-state index in [0.717, 1.165) is 6.26 Å². The van der Waals surface area contributed by atoms with Gasteiger partial charge in [0.25, 0.3) is 0 Å². The Bertz CT molecular complexity index is 481. The third-order valence-corrected chi connectivity index (χ3v) is 2.59. The van der Waals surface area contributed by atoms with E-state index in [9.17, 15) is 13.6 Å². The number of amidine groups is 1. The van der Waals surface area contributed by atoms with Crippen molar-refractivity contribution in [1.82, 2.24) is 15.4 Å². The van der Waals surface area contributed by atoms with Gasteiger partial charge in [-0.1, -0.05) is 0 Å². The molecular weight excluding hydrogens is 238 g/mol. The smallest absolute Gasteiger partial charge is 0.199 e. The van der Waals surface area contributed by atoms with Gasteiger partial charge in [0.1, 0.15) is 9.84 Å². The summed E-state index contributed by atoms with van der Waals surface area (Å²) in [6.07, 6.45) is 1.02. The van der Waals surface area contributed by atoms with Crippen molar-refractivity contribution in [3.8, 4) is 0 Å². The third-order valence-electron chi connectivity index (χ3n) is 1.67. The number of anilines is 1. The van der Waals surface area contributed by atoms with E-state index in [1.165, 1.54) is 0 Å². The van der Waals surface area contributed by atoms with Crippen LogP contribution in [-0.2, 0) is 9.84 Å². The molecule has 0 bridgehead atoms. The predicted molar refractivity (Wildman–Crippen MR) is 53.7 cm³/mol. The minimum atomic E-state index is -3.22. The molecule has 1 aromatic heterocycles. The normalized spacial score (nSPS) is 11.4. The van der Waals surface area contributed by atoms with Gasteiger partial charge in [-0.3, -0.25) is 10.6 Å². The highest BCUT2D eigenvalue weighted by Gasteiger charge is 2.18. The lowest BCUT2D eigenvalue weighted by Crippen LogP contribution is -2.32. The van der Waals surface area contributed by atoms with Crippen LogP contribution in [0.3, 0.4) is 0 Å². The fourth-order valence-electron chi connectivity index (χ4n) is 0.846. The van der Waals surface area contributed by atoms with Crippen molar-refractivity contribution in [2.24, 2.45) is 0 Å². The topological polar surface area (TPSA) is 146 Å². The number of nitrogens with two attached hydrogens (primary N) is 1. The van der Waals surface area contributed by atoms with Gasteiger partial charge in [-0.25, -0.2) is 18.1 Å². The van der Waals surface area contributed by atoms with Crippen LogP contribution in [0.15, 0.2) is 4.63 Å². The number of hydroxylamine groups is 2. The van der Waals surface area contributed by atoms with Crippen LogP contribution in [-0.4, -0.2) is 53.4 Å². The lowest BCUT2D eigenvalue weighted by Gasteiger charge is -2.14. The lowest BCUT2D eigenvalue weighted by molar-refractivity contribution is -0.00903. The minimum Gasteiger partial charge on any atom is -0.379 e. The van der Waals surface area contributed by atoms with Crippen molar-refractivity contribution in [3.05, 3.63) is 5.69 Å². The van der Waals surface area contributed by atoms with Crippen LogP contribution in [0, 0.1) is 5.41 Å². The van der Waals surface area contributed by atoms with Gasteiger partial charge in [-0.2, -0.15) is 0 Å². The van der Waals surface area contributed by atoms with Crippen molar-refractivity contribution in [2.75, 3.05) is 24.3 Å². The maximum atomic E-state index is 10.8.